The van der Waals surface area contributed by atoms with Crippen LogP contribution in [0.1, 0.15) is 35.2 Å². The molecule has 3 aromatic rings. The molecule has 0 saturated carbocycles. The third-order valence-electron chi connectivity index (χ3n) is 6.23. The maximum absolute atomic E-state index is 13.7. The van der Waals surface area contributed by atoms with Crippen molar-refractivity contribution in [2.75, 3.05) is 24.1 Å². The Bertz CT molecular complexity index is 1390. The highest BCUT2D eigenvalue weighted by Crippen LogP contribution is 2.34. The second kappa shape index (κ2) is 10.2. The van der Waals surface area contributed by atoms with E-state index >= 15 is 0 Å². The Morgan fingerprint density at radius 1 is 0.944 bits per heavy atom. The van der Waals surface area contributed by atoms with Crippen LogP contribution in [-0.4, -0.2) is 34.1 Å². The van der Waals surface area contributed by atoms with Gasteiger partial charge in [-0.2, -0.15) is 0 Å². The van der Waals surface area contributed by atoms with Gasteiger partial charge in [0, 0.05) is 6.07 Å². The highest BCUT2D eigenvalue weighted by Gasteiger charge is 2.29. The molecule has 3 aromatic carbocycles. The Morgan fingerprint density at radius 2 is 1.58 bits per heavy atom. The van der Waals surface area contributed by atoms with Crippen molar-refractivity contribution in [1.82, 2.24) is 5.32 Å². The lowest BCUT2D eigenvalue weighted by molar-refractivity contribution is -0.120. The van der Waals surface area contributed by atoms with Gasteiger partial charge in [-0.25, -0.2) is 12.8 Å². The fourth-order valence-electron chi connectivity index (χ4n) is 4.18. The summed E-state index contributed by atoms with van der Waals surface area (Å²) in [4.78, 5) is 13.0. The predicted octanol–water partition coefficient (Wildman–Crippen LogP) is 4.59. The Kier molecular flexibility index (Phi) is 7.21. The van der Waals surface area contributed by atoms with Crippen LogP contribution in [0.5, 0.6) is 11.5 Å². The van der Waals surface area contributed by atoms with Gasteiger partial charge < -0.3 is 14.8 Å². The molecular weight excluding hydrogens is 483 g/mol. The number of carbonyl (C=O) groups is 1. The molecule has 0 unspecified atom stereocenters. The molecule has 0 aromatic heterocycles. The third-order valence-corrected chi connectivity index (χ3v) is 8.00. The van der Waals surface area contributed by atoms with E-state index in [1.807, 2.05) is 33.8 Å². The number of nitrogens with one attached hydrogen (secondary N) is 1. The van der Waals surface area contributed by atoms with E-state index in [0.717, 1.165) is 38.7 Å². The van der Waals surface area contributed by atoms with Gasteiger partial charge in [0.15, 0.2) is 11.5 Å². The van der Waals surface area contributed by atoms with Crippen LogP contribution in [0.4, 0.5) is 10.1 Å². The largest absolute Gasteiger partial charge is 0.486 e. The molecule has 0 bridgehead atoms. The van der Waals surface area contributed by atoms with Crippen molar-refractivity contribution in [2.24, 2.45) is 0 Å². The quantitative estimate of drug-likeness (QED) is 0.500. The molecule has 0 aliphatic carbocycles. The number of hydrogen-bond acceptors (Lipinski definition) is 5. The maximum atomic E-state index is 13.7. The molecule has 190 valence electrons. The second-order valence-corrected chi connectivity index (χ2v) is 10.7. The molecule has 7 nitrogen and oxygen atoms in total. The first kappa shape index (κ1) is 25.5. The number of aryl methyl sites for hydroxylation is 3. The summed E-state index contributed by atoms with van der Waals surface area (Å²) in [7, 11) is -4.20. The lowest BCUT2D eigenvalue weighted by Crippen LogP contribution is -2.41. The molecule has 9 heteroatoms. The molecule has 0 radical (unpaired) electrons. The molecule has 0 saturated heterocycles. The van der Waals surface area contributed by atoms with E-state index in [2.05, 4.69) is 11.4 Å². The Hall–Kier alpha value is -3.59. The highest BCUT2D eigenvalue weighted by atomic mass is 32.2. The Balaban J connectivity index is 1.63. The van der Waals surface area contributed by atoms with Crippen molar-refractivity contribution in [3.63, 3.8) is 0 Å². The molecule has 4 rings (SSSR count). The van der Waals surface area contributed by atoms with Gasteiger partial charge in [-0.15, -0.1) is 0 Å². The topological polar surface area (TPSA) is 84.9 Å². The molecule has 1 atom stereocenters. The van der Waals surface area contributed by atoms with E-state index in [4.69, 9.17) is 9.47 Å². The average Bonchev–Trinajstić information content (AvgIpc) is 2.85. The first-order valence-electron chi connectivity index (χ1n) is 11.6. The summed E-state index contributed by atoms with van der Waals surface area (Å²) in [5.74, 6) is -0.252. The summed E-state index contributed by atoms with van der Waals surface area (Å²) in [5.41, 5.74) is 4.41. The van der Waals surface area contributed by atoms with Gasteiger partial charge in [-0.3, -0.25) is 9.10 Å². The van der Waals surface area contributed by atoms with Crippen LogP contribution in [0.3, 0.4) is 0 Å². The van der Waals surface area contributed by atoms with Crippen LogP contribution < -0.4 is 19.1 Å². The lowest BCUT2D eigenvalue weighted by Gasteiger charge is -2.26. The van der Waals surface area contributed by atoms with Crippen molar-refractivity contribution in [1.29, 1.82) is 0 Å². The Labute approximate surface area is 210 Å². The number of ether oxygens (including phenoxy) is 2. The van der Waals surface area contributed by atoms with E-state index in [9.17, 15) is 17.6 Å². The minimum absolute atomic E-state index is 0.0677. The van der Waals surface area contributed by atoms with Crippen molar-refractivity contribution >= 4 is 21.6 Å². The fourth-order valence-corrected chi connectivity index (χ4v) is 5.62. The monoisotopic (exact) mass is 512 g/mol. The number of halogens is 1. The van der Waals surface area contributed by atoms with E-state index in [1.165, 1.54) is 30.3 Å². The molecule has 1 heterocycles. The van der Waals surface area contributed by atoms with Crippen molar-refractivity contribution in [3.8, 4) is 11.5 Å². The Morgan fingerprint density at radius 3 is 2.28 bits per heavy atom. The van der Waals surface area contributed by atoms with Crippen LogP contribution in [0.25, 0.3) is 0 Å². The number of nitrogens with zero attached hydrogens (tertiary/aromatic N) is 1. The van der Waals surface area contributed by atoms with Gasteiger partial charge in [0.25, 0.3) is 10.0 Å². The second-order valence-electron chi connectivity index (χ2n) is 8.88. The minimum atomic E-state index is -4.20. The number of fused-ring (bicyclic) bond motifs is 1. The molecule has 0 fully saturated rings. The van der Waals surface area contributed by atoms with Gasteiger partial charge in [0.05, 0.1) is 16.6 Å². The molecule has 1 aliphatic rings. The number of hydrogen-bond donors (Lipinski definition) is 1. The van der Waals surface area contributed by atoms with Crippen LogP contribution in [0.15, 0.2) is 59.5 Å². The summed E-state index contributed by atoms with van der Waals surface area (Å²) >= 11 is 0. The summed E-state index contributed by atoms with van der Waals surface area (Å²) in [6.07, 6.45) is 0. The lowest BCUT2D eigenvalue weighted by atomic mass is 9.96. The van der Waals surface area contributed by atoms with E-state index in [-0.39, 0.29) is 16.6 Å². The van der Waals surface area contributed by atoms with Gasteiger partial charge >= 0.3 is 0 Å². The van der Waals surface area contributed by atoms with E-state index < -0.39 is 28.3 Å². The molecule has 1 N–H and O–H groups in total. The first-order chi connectivity index (χ1) is 17.1. The van der Waals surface area contributed by atoms with Crippen LogP contribution >= 0.6 is 0 Å². The first-order valence-corrected chi connectivity index (χ1v) is 13.1. The van der Waals surface area contributed by atoms with Crippen LogP contribution in [-0.2, 0) is 14.8 Å². The van der Waals surface area contributed by atoms with E-state index in [0.29, 0.717) is 24.7 Å². The highest BCUT2D eigenvalue weighted by molar-refractivity contribution is 7.92. The normalized spacial score (nSPS) is 13.7. The summed E-state index contributed by atoms with van der Waals surface area (Å²) in [6.45, 7) is 8.04. The predicted molar refractivity (Wildman–Crippen MR) is 136 cm³/mol. The minimum Gasteiger partial charge on any atom is -0.486 e. The molecule has 0 spiro atoms. The standard InChI is InChI=1S/C27H29FN2O5S/c1-17-13-19(3)24(14-18(17)2)20(4)29-27(31)16-30(22-7-5-21(28)6-8-22)36(32,33)23-9-10-25-26(15-23)35-12-11-34-25/h5-10,13-15,20H,11-12,16H2,1-4H3,(H,29,31)/t20-/m1/s1. The summed E-state index contributed by atoms with van der Waals surface area (Å²) < 4.78 is 53.0. The average molecular weight is 513 g/mol. The zero-order valence-corrected chi connectivity index (χ0v) is 21.5. The number of carbonyl (C=O) groups excluding carboxylic acids is 1. The number of rotatable bonds is 7. The molecule has 1 amide bonds. The molecule has 36 heavy (non-hydrogen) atoms. The smallest absolute Gasteiger partial charge is 0.264 e. The fraction of sp³-hybridized carbons (Fsp3) is 0.296. The zero-order chi connectivity index (χ0) is 26.0. The van der Waals surface area contributed by atoms with Gasteiger partial charge in [-0.1, -0.05) is 12.1 Å². The summed E-state index contributed by atoms with van der Waals surface area (Å²) in [6, 6.07) is 13.0. The van der Waals surface area contributed by atoms with Crippen molar-refractivity contribution in [3.05, 3.63) is 82.7 Å². The number of benzene rings is 3. The molecule has 1 aliphatic heterocycles. The number of amides is 1. The third kappa shape index (κ3) is 5.31. The SMILES string of the molecule is Cc1cc(C)c([C@@H](C)NC(=O)CN(c2ccc(F)cc2)S(=O)(=O)c2ccc3c(c2)OCCO3)cc1C. The summed E-state index contributed by atoms with van der Waals surface area (Å²) in [5, 5.41) is 2.90. The van der Waals surface area contributed by atoms with E-state index in [1.54, 1.807) is 0 Å². The maximum Gasteiger partial charge on any atom is 0.264 e. The van der Waals surface area contributed by atoms with Gasteiger partial charge in [0.2, 0.25) is 5.91 Å². The number of anilines is 1. The van der Waals surface area contributed by atoms with Crippen LogP contribution in [0.2, 0.25) is 0 Å². The van der Waals surface area contributed by atoms with Gasteiger partial charge in [-0.05, 0) is 86.3 Å². The van der Waals surface area contributed by atoms with Gasteiger partial charge in [0.1, 0.15) is 25.6 Å². The van der Waals surface area contributed by atoms with Crippen LogP contribution in [0, 0.1) is 26.6 Å². The number of sulfonamides is 1. The van der Waals surface area contributed by atoms with Crippen molar-refractivity contribution in [2.45, 2.75) is 38.6 Å². The zero-order valence-electron chi connectivity index (χ0n) is 20.7. The van der Waals surface area contributed by atoms with Crippen molar-refractivity contribution < 1.29 is 27.1 Å². The molecular formula is C27H29FN2O5S.